The maximum Gasteiger partial charge on any atom is 0.272 e. The summed E-state index contributed by atoms with van der Waals surface area (Å²) < 4.78 is 0. The van der Waals surface area contributed by atoms with Crippen LogP contribution in [0.4, 0.5) is 0 Å². The zero-order valence-electron chi connectivity index (χ0n) is 14.2. The van der Waals surface area contributed by atoms with Crippen molar-refractivity contribution in [2.24, 2.45) is 0 Å². The van der Waals surface area contributed by atoms with E-state index in [-0.39, 0.29) is 17.5 Å². The molecule has 0 bridgehead atoms. The number of nitrogens with one attached hydrogen (secondary N) is 1. The van der Waals surface area contributed by atoms with Gasteiger partial charge in [0.1, 0.15) is 11.4 Å². The molecule has 0 unspecified atom stereocenters. The van der Waals surface area contributed by atoms with Gasteiger partial charge in [0.25, 0.3) is 11.8 Å². The molecule has 1 N–H and O–H groups in total. The summed E-state index contributed by atoms with van der Waals surface area (Å²) in [5, 5.41) is 2.79. The molecule has 0 spiro atoms. The summed E-state index contributed by atoms with van der Waals surface area (Å²) in [5.74, 6) is -0.438. The van der Waals surface area contributed by atoms with Gasteiger partial charge in [0.2, 0.25) is 0 Å². The van der Waals surface area contributed by atoms with E-state index in [4.69, 9.17) is 0 Å². The van der Waals surface area contributed by atoms with Crippen LogP contribution in [0.15, 0.2) is 42.7 Å². The molecule has 0 saturated carbocycles. The van der Waals surface area contributed by atoms with Crippen molar-refractivity contribution in [2.45, 2.75) is 6.54 Å². The lowest BCUT2D eigenvalue weighted by molar-refractivity contribution is 0.0658. The minimum Gasteiger partial charge on any atom is -0.347 e. The quantitative estimate of drug-likeness (QED) is 0.891. The van der Waals surface area contributed by atoms with Crippen LogP contribution < -0.4 is 5.32 Å². The molecule has 2 aromatic rings. The Hall–Kier alpha value is -2.80. The van der Waals surface area contributed by atoms with Crippen molar-refractivity contribution < 1.29 is 9.59 Å². The molecule has 1 fully saturated rings. The Kier molecular flexibility index (Phi) is 5.35. The fourth-order valence-electron chi connectivity index (χ4n) is 2.63. The minimum atomic E-state index is -0.308. The smallest absolute Gasteiger partial charge is 0.272 e. The van der Waals surface area contributed by atoms with Crippen LogP contribution in [0.1, 0.15) is 26.5 Å². The third kappa shape index (κ3) is 4.39. The molecular formula is C18H21N5O2. The first kappa shape index (κ1) is 17.0. The van der Waals surface area contributed by atoms with Crippen molar-refractivity contribution >= 4 is 11.8 Å². The van der Waals surface area contributed by atoms with E-state index in [9.17, 15) is 9.59 Å². The number of likely N-dealkylation sites (N-methyl/N-ethyl adjacent to an activating group) is 1. The van der Waals surface area contributed by atoms with Crippen LogP contribution in [0.5, 0.6) is 0 Å². The highest BCUT2D eigenvalue weighted by atomic mass is 16.2. The Morgan fingerprint density at radius 2 is 1.84 bits per heavy atom. The molecule has 3 heterocycles. The van der Waals surface area contributed by atoms with E-state index in [2.05, 4.69) is 20.2 Å². The average Bonchev–Trinajstić information content (AvgIpc) is 2.67. The first-order chi connectivity index (χ1) is 12.1. The molecular weight excluding hydrogens is 318 g/mol. The van der Waals surface area contributed by atoms with Gasteiger partial charge in [-0.05, 0) is 30.8 Å². The summed E-state index contributed by atoms with van der Waals surface area (Å²) in [7, 11) is 2.04. The van der Waals surface area contributed by atoms with E-state index >= 15 is 0 Å². The number of carbonyl (C=O) groups is 2. The molecule has 1 aliphatic rings. The average molecular weight is 339 g/mol. The summed E-state index contributed by atoms with van der Waals surface area (Å²) in [6.45, 7) is 3.40. The summed E-state index contributed by atoms with van der Waals surface area (Å²) in [4.78, 5) is 37.1. The summed E-state index contributed by atoms with van der Waals surface area (Å²) in [6.07, 6.45) is 3.38. The number of aromatic nitrogens is 2. The van der Waals surface area contributed by atoms with E-state index in [1.165, 1.54) is 0 Å². The third-order valence-electron chi connectivity index (χ3n) is 4.17. The number of piperazine rings is 1. The lowest BCUT2D eigenvalue weighted by Gasteiger charge is -2.32. The van der Waals surface area contributed by atoms with Gasteiger partial charge < -0.3 is 15.1 Å². The highest BCUT2D eigenvalue weighted by Gasteiger charge is 2.22. The largest absolute Gasteiger partial charge is 0.347 e. The Morgan fingerprint density at radius 3 is 2.56 bits per heavy atom. The van der Waals surface area contributed by atoms with Crippen molar-refractivity contribution in [3.8, 4) is 0 Å². The Morgan fingerprint density at radius 1 is 1.08 bits per heavy atom. The standard InChI is InChI=1S/C18H21N5O2/c1-22-8-10-23(11-9-22)18(25)16-6-2-5-15(21-16)17(24)20-13-14-4-3-7-19-12-14/h2-7,12H,8-11,13H2,1H3,(H,20,24). The lowest BCUT2D eigenvalue weighted by atomic mass is 10.2. The van der Waals surface area contributed by atoms with Gasteiger partial charge in [-0.1, -0.05) is 12.1 Å². The number of amides is 2. The molecule has 130 valence electrons. The monoisotopic (exact) mass is 339 g/mol. The topological polar surface area (TPSA) is 78.4 Å². The van der Waals surface area contributed by atoms with E-state index in [0.29, 0.717) is 25.3 Å². The Bertz CT molecular complexity index is 742. The molecule has 0 aromatic carbocycles. The van der Waals surface area contributed by atoms with Gasteiger partial charge in [-0.15, -0.1) is 0 Å². The second kappa shape index (κ2) is 7.85. The van der Waals surface area contributed by atoms with Crippen LogP contribution in [0.3, 0.4) is 0 Å². The molecule has 7 nitrogen and oxygen atoms in total. The van der Waals surface area contributed by atoms with Crippen molar-refractivity contribution in [2.75, 3.05) is 33.2 Å². The van der Waals surface area contributed by atoms with Crippen LogP contribution >= 0.6 is 0 Å². The first-order valence-corrected chi connectivity index (χ1v) is 8.25. The maximum absolute atomic E-state index is 12.6. The van der Waals surface area contributed by atoms with Crippen molar-refractivity contribution in [3.05, 3.63) is 59.7 Å². The van der Waals surface area contributed by atoms with Crippen LogP contribution in [0.2, 0.25) is 0 Å². The number of pyridine rings is 2. The van der Waals surface area contributed by atoms with Gasteiger partial charge in [-0.25, -0.2) is 4.98 Å². The number of hydrogen-bond acceptors (Lipinski definition) is 5. The van der Waals surface area contributed by atoms with Gasteiger partial charge in [-0.2, -0.15) is 0 Å². The maximum atomic E-state index is 12.6. The molecule has 1 saturated heterocycles. The molecule has 3 rings (SSSR count). The Balaban J connectivity index is 1.64. The van der Waals surface area contributed by atoms with Crippen molar-refractivity contribution in [1.82, 2.24) is 25.1 Å². The van der Waals surface area contributed by atoms with Crippen LogP contribution in [0, 0.1) is 0 Å². The molecule has 2 amide bonds. The van der Waals surface area contributed by atoms with E-state index in [0.717, 1.165) is 18.7 Å². The van der Waals surface area contributed by atoms with E-state index in [1.54, 1.807) is 35.5 Å². The SMILES string of the molecule is CN1CCN(C(=O)c2cccc(C(=O)NCc3cccnc3)n2)CC1. The fourth-order valence-corrected chi connectivity index (χ4v) is 2.63. The highest BCUT2D eigenvalue weighted by molar-refractivity contribution is 5.96. The number of carbonyl (C=O) groups excluding carboxylic acids is 2. The summed E-state index contributed by atoms with van der Waals surface area (Å²) >= 11 is 0. The fraction of sp³-hybridized carbons (Fsp3) is 0.333. The van der Waals surface area contributed by atoms with Crippen LogP contribution in [0.25, 0.3) is 0 Å². The predicted molar refractivity (Wildman–Crippen MR) is 93.0 cm³/mol. The van der Waals surface area contributed by atoms with Gasteiger partial charge in [0, 0.05) is 45.1 Å². The molecule has 2 aromatic heterocycles. The summed E-state index contributed by atoms with van der Waals surface area (Å²) in [6, 6.07) is 8.65. The zero-order valence-corrected chi connectivity index (χ0v) is 14.2. The third-order valence-corrected chi connectivity index (χ3v) is 4.17. The number of rotatable bonds is 4. The first-order valence-electron chi connectivity index (χ1n) is 8.25. The number of nitrogens with zero attached hydrogens (tertiary/aromatic N) is 4. The van der Waals surface area contributed by atoms with E-state index in [1.807, 2.05) is 19.2 Å². The molecule has 0 aliphatic carbocycles. The van der Waals surface area contributed by atoms with Gasteiger partial charge in [0.15, 0.2) is 0 Å². The lowest BCUT2D eigenvalue weighted by Crippen LogP contribution is -2.47. The molecule has 0 radical (unpaired) electrons. The van der Waals surface area contributed by atoms with Gasteiger partial charge in [0.05, 0.1) is 0 Å². The second-order valence-electron chi connectivity index (χ2n) is 6.05. The normalized spacial score (nSPS) is 15.0. The summed E-state index contributed by atoms with van der Waals surface area (Å²) in [5.41, 5.74) is 1.45. The minimum absolute atomic E-state index is 0.130. The van der Waals surface area contributed by atoms with Gasteiger partial charge >= 0.3 is 0 Å². The van der Waals surface area contributed by atoms with Gasteiger partial charge in [-0.3, -0.25) is 14.6 Å². The molecule has 7 heteroatoms. The second-order valence-corrected chi connectivity index (χ2v) is 6.05. The van der Waals surface area contributed by atoms with Crippen molar-refractivity contribution in [1.29, 1.82) is 0 Å². The highest BCUT2D eigenvalue weighted by Crippen LogP contribution is 2.08. The molecule has 1 aliphatic heterocycles. The number of hydrogen-bond donors (Lipinski definition) is 1. The predicted octanol–water partition coefficient (Wildman–Crippen LogP) is 0.794. The van der Waals surface area contributed by atoms with Crippen LogP contribution in [-0.2, 0) is 6.54 Å². The molecule has 25 heavy (non-hydrogen) atoms. The Labute approximate surface area is 146 Å². The van der Waals surface area contributed by atoms with Crippen LogP contribution in [-0.4, -0.2) is 64.8 Å². The zero-order chi connectivity index (χ0) is 17.6. The molecule has 0 atom stereocenters. The van der Waals surface area contributed by atoms with E-state index < -0.39 is 0 Å². The van der Waals surface area contributed by atoms with Crippen molar-refractivity contribution in [3.63, 3.8) is 0 Å².